The second-order valence-electron chi connectivity index (χ2n) is 6.10. The number of nitrogens with zero attached hydrogens (tertiary/aromatic N) is 2. The van der Waals surface area contributed by atoms with Crippen LogP contribution in [0.5, 0.6) is 0 Å². The average molecular weight is 436 g/mol. The van der Waals surface area contributed by atoms with Gasteiger partial charge >= 0.3 is 18.3 Å². The van der Waals surface area contributed by atoms with Crippen molar-refractivity contribution in [3.05, 3.63) is 46.2 Å². The minimum absolute atomic E-state index is 0.00357. The Morgan fingerprint density at radius 2 is 1.61 bits per heavy atom. The van der Waals surface area contributed by atoms with E-state index in [0.717, 1.165) is 0 Å². The van der Waals surface area contributed by atoms with E-state index in [1.807, 2.05) is 0 Å². The van der Waals surface area contributed by atoms with Crippen molar-refractivity contribution >= 4 is 17.3 Å². The van der Waals surface area contributed by atoms with Crippen molar-refractivity contribution in [2.75, 3.05) is 5.73 Å². The summed E-state index contributed by atoms with van der Waals surface area (Å²) in [5, 5.41) is 2.53. The maximum absolute atomic E-state index is 14.6. The summed E-state index contributed by atoms with van der Waals surface area (Å²) in [7, 11) is 0. The number of anilines is 1. The van der Waals surface area contributed by atoms with Crippen molar-refractivity contribution in [1.82, 2.24) is 9.78 Å². The molecule has 1 atom stereocenters. The van der Waals surface area contributed by atoms with Crippen molar-refractivity contribution in [1.29, 1.82) is 0 Å². The molecule has 0 fully saturated rings. The highest BCUT2D eigenvalue weighted by Crippen LogP contribution is 2.58. The Morgan fingerprint density at radius 1 is 1.04 bits per heavy atom. The number of alkyl halides is 8. The molecule has 1 heterocycles. The van der Waals surface area contributed by atoms with Gasteiger partial charge in [-0.1, -0.05) is 30.7 Å². The molecule has 0 saturated heterocycles. The Bertz CT molecular complexity index is 872. The fourth-order valence-corrected chi connectivity index (χ4v) is 3.13. The number of halogens is 9. The number of rotatable bonds is 4. The number of benzene rings is 1. The SMILES string of the molecule is CCc1cc(C(n2cc(Cl)cn2)(C(F)(F)F)C(F)(F)C(F)(F)F)cc(C)c1N. The number of aryl methyl sites for hydroxylation is 2. The third kappa shape index (κ3) is 3.09. The van der Waals surface area contributed by atoms with Crippen LogP contribution in [-0.4, -0.2) is 28.1 Å². The molecule has 1 aromatic heterocycles. The Kier molecular flexibility index (Phi) is 5.39. The first-order valence-corrected chi connectivity index (χ1v) is 8.10. The van der Waals surface area contributed by atoms with Gasteiger partial charge in [0.25, 0.3) is 5.54 Å². The number of nitrogens with two attached hydrogens (primary N) is 1. The van der Waals surface area contributed by atoms with Crippen LogP contribution >= 0.6 is 11.6 Å². The Balaban J connectivity index is 3.09. The Hall–Kier alpha value is -2.04. The number of nitrogen functional groups attached to an aromatic ring is 1. The van der Waals surface area contributed by atoms with Gasteiger partial charge in [-0.25, -0.2) is 4.68 Å². The van der Waals surface area contributed by atoms with Crippen molar-refractivity contribution in [3.8, 4) is 0 Å². The van der Waals surface area contributed by atoms with E-state index < -0.39 is 39.1 Å². The monoisotopic (exact) mass is 435 g/mol. The van der Waals surface area contributed by atoms with Gasteiger partial charge in [-0.15, -0.1) is 0 Å². The van der Waals surface area contributed by atoms with Crippen LogP contribution in [0.2, 0.25) is 5.02 Å². The highest BCUT2D eigenvalue weighted by atomic mass is 35.5. The second kappa shape index (κ2) is 6.78. The fourth-order valence-electron chi connectivity index (χ4n) is 2.99. The summed E-state index contributed by atoms with van der Waals surface area (Å²) in [6.07, 6.45) is -11.9. The van der Waals surface area contributed by atoms with Gasteiger partial charge in [0.1, 0.15) is 0 Å². The summed E-state index contributed by atoms with van der Waals surface area (Å²) in [6.45, 7) is 2.68. The largest absolute Gasteiger partial charge is 0.456 e. The first kappa shape index (κ1) is 22.3. The van der Waals surface area contributed by atoms with Crippen LogP contribution in [-0.2, 0) is 12.0 Å². The minimum Gasteiger partial charge on any atom is -0.398 e. The molecule has 0 radical (unpaired) electrons. The van der Waals surface area contributed by atoms with Crippen LogP contribution < -0.4 is 5.73 Å². The topological polar surface area (TPSA) is 43.8 Å². The fraction of sp³-hybridized carbons (Fsp3) is 0.438. The second-order valence-corrected chi connectivity index (χ2v) is 6.54. The first-order valence-electron chi connectivity index (χ1n) is 7.72. The molecular weight excluding hydrogens is 422 g/mol. The molecule has 0 amide bonds. The molecule has 2 N–H and O–H groups in total. The highest BCUT2D eigenvalue weighted by molar-refractivity contribution is 6.30. The number of aromatic nitrogens is 2. The van der Waals surface area contributed by atoms with Crippen molar-refractivity contribution in [2.45, 2.75) is 44.1 Å². The normalized spacial score (nSPS) is 15.5. The zero-order valence-corrected chi connectivity index (χ0v) is 15.1. The number of hydrogen-bond donors (Lipinski definition) is 1. The van der Waals surface area contributed by atoms with Crippen LogP contribution in [0.1, 0.15) is 23.6 Å². The maximum atomic E-state index is 14.6. The predicted molar refractivity (Wildman–Crippen MR) is 86.3 cm³/mol. The third-order valence-electron chi connectivity index (χ3n) is 4.39. The summed E-state index contributed by atoms with van der Waals surface area (Å²) < 4.78 is 111. The molecule has 0 aliphatic rings. The Labute approximate surface area is 159 Å². The van der Waals surface area contributed by atoms with Crippen molar-refractivity contribution < 1.29 is 35.1 Å². The van der Waals surface area contributed by atoms with Crippen molar-refractivity contribution in [2.24, 2.45) is 0 Å². The molecule has 2 rings (SSSR count). The van der Waals surface area contributed by atoms with Gasteiger partial charge in [0.2, 0.25) is 0 Å². The quantitative estimate of drug-likeness (QED) is 0.509. The van der Waals surface area contributed by atoms with Crippen LogP contribution in [0, 0.1) is 6.92 Å². The summed E-state index contributed by atoms with van der Waals surface area (Å²) in [6, 6.07) is 1.14. The lowest BCUT2D eigenvalue weighted by molar-refractivity contribution is -0.366. The zero-order chi connectivity index (χ0) is 21.7. The van der Waals surface area contributed by atoms with E-state index in [1.165, 1.54) is 13.8 Å². The lowest BCUT2D eigenvalue weighted by Crippen LogP contribution is -2.66. The van der Waals surface area contributed by atoms with E-state index in [1.54, 1.807) is 0 Å². The maximum Gasteiger partial charge on any atom is 0.456 e. The first-order chi connectivity index (χ1) is 12.6. The molecule has 3 nitrogen and oxygen atoms in total. The molecule has 2 aromatic rings. The van der Waals surface area contributed by atoms with Crippen LogP contribution in [0.25, 0.3) is 0 Å². The smallest absolute Gasteiger partial charge is 0.398 e. The van der Waals surface area contributed by atoms with Gasteiger partial charge in [-0.3, -0.25) is 0 Å². The van der Waals surface area contributed by atoms with E-state index in [0.29, 0.717) is 18.3 Å². The molecule has 0 aliphatic carbocycles. The average Bonchev–Trinajstić information content (AvgIpc) is 2.94. The zero-order valence-electron chi connectivity index (χ0n) is 14.4. The van der Waals surface area contributed by atoms with E-state index in [-0.39, 0.29) is 29.4 Å². The molecule has 0 saturated carbocycles. The van der Waals surface area contributed by atoms with Gasteiger partial charge in [0.05, 0.1) is 11.2 Å². The molecule has 156 valence electrons. The Morgan fingerprint density at radius 3 is 2.00 bits per heavy atom. The lowest BCUT2D eigenvalue weighted by atomic mass is 9.80. The summed E-state index contributed by atoms with van der Waals surface area (Å²) in [4.78, 5) is 0. The third-order valence-corrected chi connectivity index (χ3v) is 4.58. The lowest BCUT2D eigenvalue weighted by Gasteiger charge is -2.42. The van der Waals surface area contributed by atoms with Gasteiger partial charge < -0.3 is 5.73 Å². The number of hydrogen-bond acceptors (Lipinski definition) is 2. The van der Waals surface area contributed by atoms with E-state index in [9.17, 15) is 35.1 Å². The summed E-state index contributed by atoms with van der Waals surface area (Å²) in [5.41, 5.74) is -0.635. The van der Waals surface area contributed by atoms with E-state index in [2.05, 4.69) is 5.10 Å². The highest BCUT2D eigenvalue weighted by Gasteiger charge is 2.82. The molecule has 0 aliphatic heterocycles. The van der Waals surface area contributed by atoms with Gasteiger partial charge in [0.15, 0.2) is 0 Å². The summed E-state index contributed by atoms with van der Waals surface area (Å²) in [5.74, 6) is -6.29. The molecule has 1 aromatic carbocycles. The predicted octanol–water partition coefficient (Wildman–Crippen LogP) is 5.49. The van der Waals surface area contributed by atoms with E-state index in [4.69, 9.17) is 17.3 Å². The minimum atomic E-state index is -6.55. The molecule has 28 heavy (non-hydrogen) atoms. The molecule has 1 unspecified atom stereocenters. The molecule has 0 bridgehead atoms. The molecule has 0 spiro atoms. The van der Waals surface area contributed by atoms with Gasteiger partial charge in [0, 0.05) is 11.9 Å². The van der Waals surface area contributed by atoms with Crippen LogP contribution in [0.3, 0.4) is 0 Å². The summed E-state index contributed by atoms with van der Waals surface area (Å²) >= 11 is 5.49. The van der Waals surface area contributed by atoms with Crippen LogP contribution in [0.15, 0.2) is 24.5 Å². The molecule has 12 heteroatoms. The van der Waals surface area contributed by atoms with E-state index >= 15 is 0 Å². The molecular formula is C16H14ClF8N3. The standard InChI is InChI=1S/C16H14ClF8N3/c1-3-9-5-10(4-8(2)12(9)26)13(15(20,21)22,14(18,19)16(23,24)25)28-7-11(17)6-27-28/h4-7H,3,26H2,1-2H3. The van der Waals surface area contributed by atoms with Crippen molar-refractivity contribution in [3.63, 3.8) is 0 Å². The van der Waals surface area contributed by atoms with Gasteiger partial charge in [-0.05, 0) is 30.0 Å². The van der Waals surface area contributed by atoms with Crippen LogP contribution in [0.4, 0.5) is 40.8 Å². The van der Waals surface area contributed by atoms with Gasteiger partial charge in [-0.2, -0.15) is 40.2 Å².